The molecule has 106 valence electrons. The number of halogens is 1. The van der Waals surface area contributed by atoms with E-state index in [9.17, 15) is 0 Å². The van der Waals surface area contributed by atoms with Crippen LogP contribution in [0.1, 0.15) is 38.7 Å². The van der Waals surface area contributed by atoms with Crippen LogP contribution in [0.3, 0.4) is 0 Å². The van der Waals surface area contributed by atoms with Gasteiger partial charge in [-0.25, -0.2) is 0 Å². The van der Waals surface area contributed by atoms with Crippen molar-refractivity contribution in [1.82, 2.24) is 0 Å². The lowest BCUT2D eigenvalue weighted by atomic mass is 9.68. The van der Waals surface area contributed by atoms with Gasteiger partial charge < -0.3 is 10.5 Å². The summed E-state index contributed by atoms with van der Waals surface area (Å²) >= 11 is 3.55. The molecule has 1 aliphatic carbocycles. The highest BCUT2D eigenvalue weighted by atomic mass is 79.9. The minimum atomic E-state index is 0.342. The van der Waals surface area contributed by atoms with Crippen molar-refractivity contribution in [3.63, 3.8) is 0 Å². The zero-order valence-electron chi connectivity index (χ0n) is 12.1. The molecule has 2 nitrogen and oxygen atoms in total. The third kappa shape index (κ3) is 3.73. The summed E-state index contributed by atoms with van der Waals surface area (Å²) in [4.78, 5) is 0. The van der Waals surface area contributed by atoms with Gasteiger partial charge >= 0.3 is 0 Å². The molecule has 0 heterocycles. The standard InChI is InChI=1S/C16H24BrNO/c1-16(2)7-6-14(18)12(10-16)8-11-4-5-15(19-3)13(17)9-11/h4-5,9,12,14H,6-8,10,18H2,1-3H3. The van der Waals surface area contributed by atoms with Crippen molar-refractivity contribution in [2.75, 3.05) is 7.11 Å². The van der Waals surface area contributed by atoms with Gasteiger partial charge in [0.05, 0.1) is 11.6 Å². The van der Waals surface area contributed by atoms with Crippen molar-refractivity contribution in [2.24, 2.45) is 17.1 Å². The molecule has 0 spiro atoms. The lowest BCUT2D eigenvalue weighted by molar-refractivity contribution is 0.157. The maximum absolute atomic E-state index is 6.31. The van der Waals surface area contributed by atoms with Crippen LogP contribution in [0.4, 0.5) is 0 Å². The number of ether oxygens (including phenoxy) is 1. The molecule has 0 amide bonds. The average molecular weight is 326 g/mol. The molecule has 1 aromatic carbocycles. The summed E-state index contributed by atoms with van der Waals surface area (Å²) in [5, 5.41) is 0. The van der Waals surface area contributed by atoms with Gasteiger partial charge in [-0.15, -0.1) is 0 Å². The normalized spacial score (nSPS) is 26.2. The summed E-state index contributed by atoms with van der Waals surface area (Å²) < 4.78 is 6.30. The smallest absolute Gasteiger partial charge is 0.133 e. The van der Waals surface area contributed by atoms with Gasteiger partial charge in [0.15, 0.2) is 0 Å². The van der Waals surface area contributed by atoms with E-state index in [2.05, 4.69) is 41.9 Å². The minimum absolute atomic E-state index is 0.342. The molecule has 2 N–H and O–H groups in total. The van der Waals surface area contributed by atoms with Gasteiger partial charge in [-0.2, -0.15) is 0 Å². The van der Waals surface area contributed by atoms with Crippen molar-refractivity contribution in [2.45, 2.75) is 45.6 Å². The minimum Gasteiger partial charge on any atom is -0.496 e. The van der Waals surface area contributed by atoms with E-state index in [-0.39, 0.29) is 0 Å². The molecule has 3 heteroatoms. The first kappa shape index (κ1) is 14.9. The van der Waals surface area contributed by atoms with Crippen LogP contribution in [0.2, 0.25) is 0 Å². The molecule has 2 atom stereocenters. The summed E-state index contributed by atoms with van der Waals surface area (Å²) in [6.45, 7) is 4.71. The third-order valence-electron chi connectivity index (χ3n) is 4.29. The molecule has 1 saturated carbocycles. The molecule has 1 aromatic rings. The molecule has 0 radical (unpaired) electrons. The summed E-state index contributed by atoms with van der Waals surface area (Å²) in [7, 11) is 1.69. The van der Waals surface area contributed by atoms with Gasteiger partial charge in [-0.1, -0.05) is 19.9 Å². The Kier molecular flexibility index (Phi) is 4.57. The Hall–Kier alpha value is -0.540. The van der Waals surface area contributed by atoms with Gasteiger partial charge in [-0.05, 0) is 70.6 Å². The zero-order valence-corrected chi connectivity index (χ0v) is 13.7. The molecule has 0 aromatic heterocycles. The number of nitrogens with two attached hydrogens (primary N) is 1. The molecule has 19 heavy (non-hydrogen) atoms. The molecule has 1 aliphatic rings. The zero-order chi connectivity index (χ0) is 14.0. The van der Waals surface area contributed by atoms with E-state index >= 15 is 0 Å². The van der Waals surface area contributed by atoms with Crippen LogP contribution in [0.5, 0.6) is 5.75 Å². The number of methoxy groups -OCH3 is 1. The van der Waals surface area contributed by atoms with Gasteiger partial charge in [-0.3, -0.25) is 0 Å². The Bertz CT molecular complexity index is 444. The first-order valence-corrected chi connectivity index (χ1v) is 7.78. The Morgan fingerprint density at radius 2 is 2.16 bits per heavy atom. The molecular weight excluding hydrogens is 302 g/mol. The molecule has 2 rings (SSSR count). The second kappa shape index (κ2) is 5.84. The first-order chi connectivity index (χ1) is 8.91. The highest BCUT2D eigenvalue weighted by molar-refractivity contribution is 9.10. The maximum atomic E-state index is 6.31. The van der Waals surface area contributed by atoms with Crippen molar-refractivity contribution < 1.29 is 4.74 Å². The van der Waals surface area contributed by atoms with Crippen LogP contribution in [-0.4, -0.2) is 13.2 Å². The molecule has 1 fully saturated rings. The predicted molar refractivity (Wildman–Crippen MR) is 83.5 cm³/mol. The van der Waals surface area contributed by atoms with E-state index in [1.54, 1.807) is 7.11 Å². The molecular formula is C16H24BrNO. The van der Waals surface area contributed by atoms with Crippen LogP contribution in [0.25, 0.3) is 0 Å². The van der Waals surface area contributed by atoms with E-state index in [0.29, 0.717) is 17.4 Å². The Morgan fingerprint density at radius 1 is 1.42 bits per heavy atom. The van der Waals surface area contributed by atoms with Crippen molar-refractivity contribution in [3.8, 4) is 5.75 Å². The highest BCUT2D eigenvalue weighted by Crippen LogP contribution is 2.39. The topological polar surface area (TPSA) is 35.2 Å². The Balaban J connectivity index is 2.09. The van der Waals surface area contributed by atoms with Crippen molar-refractivity contribution in [1.29, 1.82) is 0 Å². The molecule has 2 unspecified atom stereocenters. The van der Waals surface area contributed by atoms with E-state index < -0.39 is 0 Å². The maximum Gasteiger partial charge on any atom is 0.133 e. The third-order valence-corrected chi connectivity index (χ3v) is 4.91. The Morgan fingerprint density at radius 3 is 2.79 bits per heavy atom. The first-order valence-electron chi connectivity index (χ1n) is 6.99. The summed E-state index contributed by atoms with van der Waals surface area (Å²) in [6.07, 6.45) is 4.68. The van der Waals surface area contributed by atoms with E-state index in [0.717, 1.165) is 23.1 Å². The molecule has 0 bridgehead atoms. The Labute approximate surface area is 124 Å². The fourth-order valence-electron chi connectivity index (χ4n) is 3.12. The summed E-state index contributed by atoms with van der Waals surface area (Å²) in [5.41, 5.74) is 8.08. The summed E-state index contributed by atoms with van der Waals surface area (Å²) in [5.74, 6) is 1.47. The second-order valence-corrected chi connectivity index (χ2v) is 7.36. The van der Waals surface area contributed by atoms with Crippen LogP contribution in [0.15, 0.2) is 22.7 Å². The van der Waals surface area contributed by atoms with Gasteiger partial charge in [0.2, 0.25) is 0 Å². The number of rotatable bonds is 3. The highest BCUT2D eigenvalue weighted by Gasteiger charge is 2.32. The number of benzene rings is 1. The fraction of sp³-hybridized carbons (Fsp3) is 0.625. The van der Waals surface area contributed by atoms with Crippen LogP contribution in [-0.2, 0) is 6.42 Å². The second-order valence-electron chi connectivity index (χ2n) is 6.50. The monoisotopic (exact) mass is 325 g/mol. The fourth-order valence-corrected chi connectivity index (χ4v) is 3.71. The van der Waals surface area contributed by atoms with Crippen LogP contribution in [0, 0.1) is 11.3 Å². The van der Waals surface area contributed by atoms with E-state index in [1.165, 1.54) is 18.4 Å². The van der Waals surface area contributed by atoms with Gasteiger partial charge in [0.1, 0.15) is 5.75 Å². The number of hydrogen-bond donors (Lipinski definition) is 1. The van der Waals surface area contributed by atoms with Gasteiger partial charge in [0.25, 0.3) is 0 Å². The molecule has 0 aliphatic heterocycles. The summed E-state index contributed by atoms with van der Waals surface area (Å²) in [6, 6.07) is 6.68. The van der Waals surface area contributed by atoms with E-state index in [4.69, 9.17) is 10.5 Å². The predicted octanol–water partition coefficient (Wildman–Crippen LogP) is 4.15. The quantitative estimate of drug-likeness (QED) is 0.905. The van der Waals surface area contributed by atoms with Crippen molar-refractivity contribution in [3.05, 3.63) is 28.2 Å². The largest absolute Gasteiger partial charge is 0.496 e. The van der Waals surface area contributed by atoms with Crippen LogP contribution >= 0.6 is 15.9 Å². The molecule has 0 saturated heterocycles. The SMILES string of the molecule is COc1ccc(CC2CC(C)(C)CCC2N)cc1Br. The van der Waals surface area contributed by atoms with Crippen molar-refractivity contribution >= 4 is 15.9 Å². The van der Waals surface area contributed by atoms with Crippen LogP contribution < -0.4 is 10.5 Å². The number of hydrogen-bond acceptors (Lipinski definition) is 2. The van der Waals surface area contributed by atoms with E-state index in [1.807, 2.05) is 6.07 Å². The lowest BCUT2D eigenvalue weighted by Crippen LogP contribution is -2.40. The lowest BCUT2D eigenvalue weighted by Gasteiger charge is -2.39. The average Bonchev–Trinajstić information content (AvgIpc) is 2.34. The van der Waals surface area contributed by atoms with Gasteiger partial charge in [0, 0.05) is 6.04 Å².